The third kappa shape index (κ3) is 2.96. The molecule has 0 bridgehead atoms. The Bertz CT molecular complexity index is 395. The normalized spacial score (nSPS) is 11.9. The van der Waals surface area contributed by atoms with Crippen LogP contribution in [0.5, 0.6) is 0 Å². The van der Waals surface area contributed by atoms with Crippen molar-refractivity contribution in [3.05, 3.63) is 29.6 Å². The SMILES string of the molecule is CCC(C)CN(C)c1ccc(F)cc1C#N. The molecule has 16 heavy (non-hydrogen) atoms. The van der Waals surface area contributed by atoms with Crippen LogP contribution in [0, 0.1) is 23.1 Å². The number of hydrogen-bond donors (Lipinski definition) is 0. The van der Waals surface area contributed by atoms with Crippen molar-refractivity contribution in [2.45, 2.75) is 20.3 Å². The van der Waals surface area contributed by atoms with Crippen molar-refractivity contribution in [2.24, 2.45) is 5.92 Å². The van der Waals surface area contributed by atoms with Gasteiger partial charge in [-0.15, -0.1) is 0 Å². The molecule has 1 unspecified atom stereocenters. The van der Waals surface area contributed by atoms with E-state index >= 15 is 0 Å². The average molecular weight is 220 g/mol. The molecule has 0 amide bonds. The van der Waals surface area contributed by atoms with Gasteiger partial charge in [0.1, 0.15) is 11.9 Å². The number of benzene rings is 1. The number of halogens is 1. The summed E-state index contributed by atoms with van der Waals surface area (Å²) in [5.74, 6) is 0.193. The molecule has 1 aromatic carbocycles. The summed E-state index contributed by atoms with van der Waals surface area (Å²) in [6, 6.07) is 6.36. The maximum absolute atomic E-state index is 13.0. The summed E-state index contributed by atoms with van der Waals surface area (Å²) in [4.78, 5) is 2.01. The third-order valence-corrected chi connectivity index (χ3v) is 2.77. The van der Waals surface area contributed by atoms with Gasteiger partial charge >= 0.3 is 0 Å². The Morgan fingerprint density at radius 1 is 1.50 bits per heavy atom. The summed E-state index contributed by atoms with van der Waals surface area (Å²) in [7, 11) is 1.93. The Hall–Kier alpha value is -1.56. The van der Waals surface area contributed by atoms with Gasteiger partial charge < -0.3 is 4.90 Å². The zero-order valence-electron chi connectivity index (χ0n) is 10.00. The van der Waals surface area contributed by atoms with Gasteiger partial charge in [0.05, 0.1) is 11.3 Å². The van der Waals surface area contributed by atoms with E-state index in [1.165, 1.54) is 12.1 Å². The second kappa shape index (κ2) is 5.50. The van der Waals surface area contributed by atoms with Crippen LogP contribution < -0.4 is 4.90 Å². The van der Waals surface area contributed by atoms with E-state index < -0.39 is 0 Å². The Kier molecular flexibility index (Phi) is 4.30. The molecule has 0 heterocycles. The van der Waals surface area contributed by atoms with Gasteiger partial charge in [0.25, 0.3) is 0 Å². The fraction of sp³-hybridized carbons (Fsp3) is 0.462. The molecule has 1 aromatic rings. The van der Waals surface area contributed by atoms with E-state index in [0.29, 0.717) is 11.5 Å². The van der Waals surface area contributed by atoms with E-state index in [2.05, 4.69) is 13.8 Å². The average Bonchev–Trinajstić information content (AvgIpc) is 2.28. The smallest absolute Gasteiger partial charge is 0.124 e. The maximum atomic E-state index is 13.0. The third-order valence-electron chi connectivity index (χ3n) is 2.77. The van der Waals surface area contributed by atoms with Crippen molar-refractivity contribution in [3.8, 4) is 6.07 Å². The molecule has 3 heteroatoms. The highest BCUT2D eigenvalue weighted by molar-refractivity contribution is 5.58. The molecular weight excluding hydrogens is 203 g/mol. The second-order valence-electron chi connectivity index (χ2n) is 4.17. The molecule has 0 saturated carbocycles. The Labute approximate surface area is 96.3 Å². The van der Waals surface area contributed by atoms with Gasteiger partial charge in [-0.1, -0.05) is 20.3 Å². The van der Waals surface area contributed by atoms with Crippen molar-refractivity contribution in [1.82, 2.24) is 0 Å². The molecular formula is C13H17FN2. The van der Waals surface area contributed by atoms with Gasteiger partial charge in [-0.05, 0) is 24.1 Å². The van der Waals surface area contributed by atoms with E-state index in [1.54, 1.807) is 6.07 Å². The first-order chi connectivity index (χ1) is 7.58. The summed E-state index contributed by atoms with van der Waals surface area (Å²) in [5, 5.41) is 8.94. The summed E-state index contributed by atoms with van der Waals surface area (Å²) in [6.07, 6.45) is 1.09. The molecule has 0 aliphatic heterocycles. The van der Waals surface area contributed by atoms with E-state index in [4.69, 9.17) is 5.26 Å². The molecule has 1 atom stereocenters. The summed E-state index contributed by atoms with van der Waals surface area (Å²) >= 11 is 0. The number of nitrogens with zero attached hydrogens (tertiary/aromatic N) is 2. The van der Waals surface area contributed by atoms with Crippen LogP contribution in [0.15, 0.2) is 18.2 Å². The molecule has 0 fully saturated rings. The lowest BCUT2D eigenvalue weighted by molar-refractivity contribution is 0.559. The fourth-order valence-electron chi connectivity index (χ4n) is 1.63. The van der Waals surface area contributed by atoms with Crippen LogP contribution in [0.3, 0.4) is 0 Å². The minimum atomic E-state index is -0.364. The molecule has 0 aromatic heterocycles. The highest BCUT2D eigenvalue weighted by Crippen LogP contribution is 2.21. The Balaban J connectivity index is 2.91. The first-order valence-corrected chi connectivity index (χ1v) is 5.49. The molecule has 0 aliphatic rings. The number of hydrogen-bond acceptors (Lipinski definition) is 2. The van der Waals surface area contributed by atoms with E-state index in [-0.39, 0.29) is 5.82 Å². The predicted molar refractivity (Wildman–Crippen MR) is 63.8 cm³/mol. The molecule has 0 spiro atoms. The first kappa shape index (κ1) is 12.5. The van der Waals surface area contributed by atoms with Crippen LogP contribution in [-0.2, 0) is 0 Å². The Morgan fingerprint density at radius 3 is 2.75 bits per heavy atom. The molecule has 0 N–H and O–H groups in total. The largest absolute Gasteiger partial charge is 0.373 e. The summed E-state index contributed by atoms with van der Waals surface area (Å²) in [6.45, 7) is 5.16. The van der Waals surface area contributed by atoms with Crippen molar-refractivity contribution < 1.29 is 4.39 Å². The van der Waals surface area contributed by atoms with Gasteiger partial charge in [-0.3, -0.25) is 0 Å². The number of rotatable bonds is 4. The molecule has 0 aliphatic carbocycles. The second-order valence-corrected chi connectivity index (χ2v) is 4.17. The number of nitriles is 1. The van der Waals surface area contributed by atoms with Gasteiger partial charge in [-0.2, -0.15) is 5.26 Å². The summed E-state index contributed by atoms with van der Waals surface area (Å²) < 4.78 is 13.0. The van der Waals surface area contributed by atoms with Crippen LogP contribution in [-0.4, -0.2) is 13.6 Å². The standard InChI is InChI=1S/C13H17FN2/c1-4-10(2)9-16(3)13-6-5-12(14)7-11(13)8-15/h5-7,10H,4,9H2,1-3H3. The lowest BCUT2D eigenvalue weighted by Crippen LogP contribution is -2.24. The van der Waals surface area contributed by atoms with Crippen molar-refractivity contribution in [3.63, 3.8) is 0 Å². The molecule has 0 saturated heterocycles. The van der Waals surface area contributed by atoms with Crippen LogP contribution in [0.4, 0.5) is 10.1 Å². The molecule has 1 rings (SSSR count). The zero-order chi connectivity index (χ0) is 12.1. The van der Waals surface area contributed by atoms with Crippen molar-refractivity contribution in [2.75, 3.05) is 18.5 Å². The zero-order valence-corrected chi connectivity index (χ0v) is 10.00. The van der Waals surface area contributed by atoms with Gasteiger partial charge in [0.2, 0.25) is 0 Å². The molecule has 2 nitrogen and oxygen atoms in total. The van der Waals surface area contributed by atoms with Gasteiger partial charge in [0.15, 0.2) is 0 Å². The lowest BCUT2D eigenvalue weighted by atomic mass is 10.1. The van der Waals surface area contributed by atoms with E-state index in [9.17, 15) is 4.39 Å². The molecule has 0 radical (unpaired) electrons. The minimum Gasteiger partial charge on any atom is -0.373 e. The number of anilines is 1. The van der Waals surface area contributed by atoms with Gasteiger partial charge in [0, 0.05) is 13.6 Å². The fourth-order valence-corrected chi connectivity index (χ4v) is 1.63. The van der Waals surface area contributed by atoms with Crippen molar-refractivity contribution >= 4 is 5.69 Å². The highest BCUT2D eigenvalue weighted by atomic mass is 19.1. The molecule has 86 valence electrons. The van der Waals surface area contributed by atoms with E-state index in [0.717, 1.165) is 18.7 Å². The van der Waals surface area contributed by atoms with Crippen molar-refractivity contribution in [1.29, 1.82) is 5.26 Å². The monoisotopic (exact) mass is 220 g/mol. The van der Waals surface area contributed by atoms with Crippen LogP contribution >= 0.6 is 0 Å². The predicted octanol–water partition coefficient (Wildman–Crippen LogP) is 3.18. The Morgan fingerprint density at radius 2 is 2.19 bits per heavy atom. The summed E-state index contributed by atoms with van der Waals surface area (Å²) in [5.41, 5.74) is 1.19. The maximum Gasteiger partial charge on any atom is 0.124 e. The highest BCUT2D eigenvalue weighted by Gasteiger charge is 2.10. The quantitative estimate of drug-likeness (QED) is 0.779. The van der Waals surface area contributed by atoms with Crippen LogP contribution in [0.2, 0.25) is 0 Å². The van der Waals surface area contributed by atoms with Crippen LogP contribution in [0.25, 0.3) is 0 Å². The van der Waals surface area contributed by atoms with E-state index in [1.807, 2.05) is 18.0 Å². The topological polar surface area (TPSA) is 27.0 Å². The van der Waals surface area contributed by atoms with Gasteiger partial charge in [-0.25, -0.2) is 4.39 Å². The van der Waals surface area contributed by atoms with Crippen LogP contribution in [0.1, 0.15) is 25.8 Å². The minimum absolute atomic E-state index is 0.364. The first-order valence-electron chi connectivity index (χ1n) is 5.49. The lowest BCUT2D eigenvalue weighted by Gasteiger charge is -2.23.